The summed E-state index contributed by atoms with van der Waals surface area (Å²) in [6.07, 6.45) is 11.0. The predicted molar refractivity (Wildman–Crippen MR) is 118 cm³/mol. The van der Waals surface area contributed by atoms with Crippen molar-refractivity contribution in [2.45, 2.75) is 82.8 Å². The smallest absolute Gasteiger partial charge is 0.157 e. The first-order valence-corrected chi connectivity index (χ1v) is 12.1. The average Bonchev–Trinajstić information content (AvgIpc) is 3.42. The van der Waals surface area contributed by atoms with E-state index in [1.54, 1.807) is 0 Å². The quantitative estimate of drug-likeness (QED) is 0.833. The number of hydrogen-bond acceptors (Lipinski definition) is 4. The fourth-order valence-corrected chi connectivity index (χ4v) is 6.37. The van der Waals surface area contributed by atoms with Crippen molar-refractivity contribution in [3.63, 3.8) is 0 Å². The third-order valence-corrected chi connectivity index (χ3v) is 8.07. The van der Waals surface area contributed by atoms with Crippen molar-refractivity contribution in [3.05, 3.63) is 29.3 Å². The van der Waals surface area contributed by atoms with Crippen LogP contribution in [-0.4, -0.2) is 48.9 Å². The van der Waals surface area contributed by atoms with Gasteiger partial charge in [0.25, 0.3) is 0 Å². The summed E-state index contributed by atoms with van der Waals surface area (Å²) in [5.74, 6) is 0.719. The lowest BCUT2D eigenvalue weighted by Crippen LogP contribution is -2.40. The van der Waals surface area contributed by atoms with E-state index in [1.165, 1.54) is 61.9 Å². The van der Waals surface area contributed by atoms with Crippen LogP contribution >= 0.6 is 0 Å². The molecule has 5 rings (SSSR count). The molecule has 3 fully saturated rings. The molecule has 4 aliphatic rings. The SMILES string of the molecule is C[C@H]1CCCN1[C@H]1CCN(c2ccc3c(c2)CCNC3C(=O)C2CCCCC2)C1. The third-order valence-electron chi connectivity index (χ3n) is 8.07. The maximum Gasteiger partial charge on any atom is 0.157 e. The van der Waals surface area contributed by atoms with Gasteiger partial charge in [-0.2, -0.15) is 0 Å². The second-order valence-corrected chi connectivity index (χ2v) is 9.88. The van der Waals surface area contributed by atoms with E-state index < -0.39 is 0 Å². The van der Waals surface area contributed by atoms with Gasteiger partial charge in [0.2, 0.25) is 0 Å². The Morgan fingerprint density at radius 1 is 1.03 bits per heavy atom. The molecular formula is C25H37N3O. The Morgan fingerprint density at radius 3 is 2.69 bits per heavy atom. The number of fused-ring (bicyclic) bond motifs is 1. The molecule has 158 valence electrons. The molecule has 1 N–H and O–H groups in total. The Labute approximate surface area is 176 Å². The number of anilines is 1. The Bertz CT molecular complexity index is 742. The van der Waals surface area contributed by atoms with Crippen molar-refractivity contribution in [3.8, 4) is 0 Å². The van der Waals surface area contributed by atoms with Crippen molar-refractivity contribution >= 4 is 11.5 Å². The van der Waals surface area contributed by atoms with Gasteiger partial charge >= 0.3 is 0 Å². The highest BCUT2D eigenvalue weighted by Crippen LogP contribution is 2.35. The van der Waals surface area contributed by atoms with Gasteiger partial charge in [-0.1, -0.05) is 25.3 Å². The Morgan fingerprint density at radius 2 is 1.90 bits per heavy atom. The van der Waals surface area contributed by atoms with E-state index in [0.717, 1.165) is 44.9 Å². The summed E-state index contributed by atoms with van der Waals surface area (Å²) in [6.45, 7) is 6.92. The maximum atomic E-state index is 13.2. The molecule has 0 radical (unpaired) electrons. The molecule has 1 saturated carbocycles. The van der Waals surface area contributed by atoms with E-state index in [1.807, 2.05) is 0 Å². The molecule has 2 saturated heterocycles. The topological polar surface area (TPSA) is 35.6 Å². The van der Waals surface area contributed by atoms with E-state index in [-0.39, 0.29) is 12.0 Å². The van der Waals surface area contributed by atoms with Gasteiger partial charge in [-0.25, -0.2) is 0 Å². The monoisotopic (exact) mass is 395 g/mol. The summed E-state index contributed by atoms with van der Waals surface area (Å²) in [5, 5.41) is 3.54. The first kappa shape index (κ1) is 19.6. The molecule has 0 bridgehead atoms. The lowest BCUT2D eigenvalue weighted by Gasteiger charge is -2.32. The number of carbonyl (C=O) groups excluding carboxylic acids is 1. The first-order chi connectivity index (χ1) is 14.2. The van der Waals surface area contributed by atoms with Crippen LogP contribution in [0.2, 0.25) is 0 Å². The summed E-state index contributed by atoms with van der Waals surface area (Å²) in [7, 11) is 0. The van der Waals surface area contributed by atoms with Crippen LogP contribution in [0.15, 0.2) is 18.2 Å². The molecule has 1 aromatic carbocycles. The van der Waals surface area contributed by atoms with E-state index in [2.05, 4.69) is 40.2 Å². The first-order valence-electron chi connectivity index (χ1n) is 12.1. The predicted octanol–water partition coefficient (Wildman–Crippen LogP) is 4.09. The lowest BCUT2D eigenvalue weighted by atomic mass is 9.80. The highest BCUT2D eigenvalue weighted by Gasteiger charge is 2.35. The molecule has 3 heterocycles. The van der Waals surface area contributed by atoms with Crippen LogP contribution in [0.25, 0.3) is 0 Å². The molecule has 29 heavy (non-hydrogen) atoms. The summed E-state index contributed by atoms with van der Waals surface area (Å²) in [6, 6.07) is 8.32. The van der Waals surface area contributed by atoms with Gasteiger partial charge in [-0.3, -0.25) is 9.69 Å². The van der Waals surface area contributed by atoms with Gasteiger partial charge in [0, 0.05) is 43.3 Å². The molecule has 1 aromatic rings. The summed E-state index contributed by atoms with van der Waals surface area (Å²) >= 11 is 0. The molecule has 3 atom stereocenters. The second-order valence-electron chi connectivity index (χ2n) is 9.88. The van der Waals surface area contributed by atoms with Crippen molar-refractivity contribution < 1.29 is 4.79 Å². The minimum atomic E-state index is -0.0762. The van der Waals surface area contributed by atoms with Gasteiger partial charge < -0.3 is 10.2 Å². The maximum absolute atomic E-state index is 13.2. The summed E-state index contributed by atoms with van der Waals surface area (Å²) < 4.78 is 0. The number of benzene rings is 1. The number of carbonyl (C=O) groups is 1. The number of hydrogen-bond donors (Lipinski definition) is 1. The van der Waals surface area contributed by atoms with Gasteiger partial charge in [0.1, 0.15) is 0 Å². The second kappa shape index (κ2) is 8.39. The molecule has 4 nitrogen and oxygen atoms in total. The zero-order chi connectivity index (χ0) is 19.8. The number of nitrogens with one attached hydrogen (secondary N) is 1. The number of nitrogens with zero attached hydrogens (tertiary/aromatic N) is 2. The molecule has 3 aliphatic heterocycles. The lowest BCUT2D eigenvalue weighted by molar-refractivity contribution is -0.126. The highest BCUT2D eigenvalue weighted by molar-refractivity contribution is 5.88. The van der Waals surface area contributed by atoms with Gasteiger partial charge in [-0.15, -0.1) is 0 Å². The van der Waals surface area contributed by atoms with Crippen LogP contribution in [0.3, 0.4) is 0 Å². The van der Waals surface area contributed by atoms with Crippen LogP contribution in [0.5, 0.6) is 0 Å². The number of likely N-dealkylation sites (tertiary alicyclic amines) is 1. The summed E-state index contributed by atoms with van der Waals surface area (Å²) in [4.78, 5) is 18.5. The van der Waals surface area contributed by atoms with Crippen LogP contribution in [0, 0.1) is 5.92 Å². The van der Waals surface area contributed by atoms with Crippen molar-refractivity contribution in [1.29, 1.82) is 0 Å². The van der Waals surface area contributed by atoms with E-state index >= 15 is 0 Å². The van der Waals surface area contributed by atoms with Crippen molar-refractivity contribution in [2.75, 3.05) is 31.1 Å². The largest absolute Gasteiger partial charge is 0.370 e. The third kappa shape index (κ3) is 3.86. The molecule has 0 spiro atoms. The molecular weight excluding hydrogens is 358 g/mol. The molecule has 0 amide bonds. The van der Waals surface area contributed by atoms with Crippen molar-refractivity contribution in [1.82, 2.24) is 10.2 Å². The number of Topliss-reactive ketones (excluding diaryl/α,β-unsaturated/α-hetero) is 1. The Hall–Kier alpha value is -1.39. The van der Waals surface area contributed by atoms with Crippen molar-refractivity contribution in [2.24, 2.45) is 5.92 Å². The van der Waals surface area contributed by atoms with Gasteiger partial charge in [-0.05, 0) is 75.3 Å². The zero-order valence-electron chi connectivity index (χ0n) is 18.0. The minimum absolute atomic E-state index is 0.0762. The van der Waals surface area contributed by atoms with Crippen LogP contribution in [0.4, 0.5) is 5.69 Å². The molecule has 1 unspecified atom stereocenters. The Kier molecular flexibility index (Phi) is 5.66. The number of rotatable bonds is 4. The molecule has 4 heteroatoms. The van der Waals surface area contributed by atoms with Crippen LogP contribution in [0.1, 0.15) is 75.5 Å². The summed E-state index contributed by atoms with van der Waals surface area (Å²) in [5.41, 5.74) is 4.01. The molecule has 1 aliphatic carbocycles. The average molecular weight is 396 g/mol. The van der Waals surface area contributed by atoms with E-state index in [9.17, 15) is 4.79 Å². The fourth-order valence-electron chi connectivity index (χ4n) is 6.37. The fraction of sp³-hybridized carbons (Fsp3) is 0.720. The van der Waals surface area contributed by atoms with Gasteiger partial charge in [0.05, 0.1) is 6.04 Å². The van der Waals surface area contributed by atoms with Crippen LogP contribution < -0.4 is 10.2 Å². The highest BCUT2D eigenvalue weighted by atomic mass is 16.1. The van der Waals surface area contributed by atoms with E-state index in [4.69, 9.17) is 0 Å². The minimum Gasteiger partial charge on any atom is -0.370 e. The zero-order valence-corrected chi connectivity index (χ0v) is 18.0. The molecule has 0 aromatic heterocycles. The van der Waals surface area contributed by atoms with E-state index in [0.29, 0.717) is 11.8 Å². The van der Waals surface area contributed by atoms with Crippen LogP contribution in [-0.2, 0) is 11.2 Å². The Balaban J connectivity index is 1.30. The normalized spacial score (nSPS) is 31.2. The van der Waals surface area contributed by atoms with Gasteiger partial charge in [0.15, 0.2) is 5.78 Å². The number of ketones is 1. The standard InChI is InChI=1S/C25H37N3O/c1-18-6-5-14-28(18)22-12-15-27(17-22)21-9-10-23-20(16-21)11-13-26-24(23)25(29)19-7-3-2-4-8-19/h9-10,16,18-19,22,24,26H,2-8,11-15,17H2,1H3/t18-,22-,24?/m0/s1.